The van der Waals surface area contributed by atoms with Gasteiger partial charge in [0.2, 0.25) is 5.78 Å². The van der Waals surface area contributed by atoms with E-state index in [4.69, 9.17) is 16.3 Å². The lowest BCUT2D eigenvalue weighted by Gasteiger charge is -2.17. The Balaban J connectivity index is 2.69. The van der Waals surface area contributed by atoms with Crippen molar-refractivity contribution in [3.8, 4) is 0 Å². The van der Waals surface area contributed by atoms with Crippen molar-refractivity contribution in [3.63, 3.8) is 0 Å². The van der Waals surface area contributed by atoms with Crippen LogP contribution in [0.15, 0.2) is 29.5 Å². The largest absolute Gasteiger partial charge is 0.492 e. The van der Waals surface area contributed by atoms with E-state index in [0.717, 1.165) is 0 Å². The Morgan fingerprint density at radius 3 is 2.44 bits per heavy atom. The summed E-state index contributed by atoms with van der Waals surface area (Å²) in [5, 5.41) is 0.438. The van der Waals surface area contributed by atoms with Crippen molar-refractivity contribution in [3.05, 3.63) is 45.7 Å². The van der Waals surface area contributed by atoms with Crippen molar-refractivity contribution >= 4 is 23.2 Å². The van der Waals surface area contributed by atoms with E-state index < -0.39 is 0 Å². The van der Waals surface area contributed by atoms with Crippen LogP contribution in [0.4, 0.5) is 0 Å². The Morgan fingerprint density at radius 1 is 1.12 bits per heavy atom. The molecule has 0 aromatic heterocycles. The molecular weight excluding hydrogens is 228 g/mol. The number of halogens is 1. The summed E-state index contributed by atoms with van der Waals surface area (Å²) in [7, 11) is 1.38. The highest BCUT2D eigenvalue weighted by Crippen LogP contribution is 2.28. The van der Waals surface area contributed by atoms with Gasteiger partial charge in [-0.3, -0.25) is 9.59 Å². The Morgan fingerprint density at radius 2 is 1.81 bits per heavy atom. The Labute approximate surface area is 97.7 Å². The molecule has 1 aliphatic rings. The summed E-state index contributed by atoms with van der Waals surface area (Å²) in [6, 6.07) is 4.63. The third kappa shape index (κ3) is 1.44. The van der Waals surface area contributed by atoms with Gasteiger partial charge in [0.05, 0.1) is 7.11 Å². The van der Waals surface area contributed by atoms with Crippen LogP contribution in [-0.4, -0.2) is 18.7 Å². The minimum atomic E-state index is -0.272. The molecule has 0 amide bonds. The molecule has 0 atom stereocenters. The maximum atomic E-state index is 11.9. The van der Waals surface area contributed by atoms with Gasteiger partial charge >= 0.3 is 0 Å². The van der Waals surface area contributed by atoms with Crippen LogP contribution in [0.2, 0.25) is 5.02 Å². The van der Waals surface area contributed by atoms with E-state index in [-0.39, 0.29) is 17.3 Å². The number of carbonyl (C=O) groups excluding carboxylic acids is 2. The van der Waals surface area contributed by atoms with Crippen LogP contribution < -0.4 is 0 Å². The molecule has 0 unspecified atom stereocenters. The van der Waals surface area contributed by atoms with Crippen LogP contribution in [0.25, 0.3) is 0 Å². The number of rotatable bonds is 1. The molecule has 82 valence electrons. The summed E-state index contributed by atoms with van der Waals surface area (Å²) >= 11 is 5.80. The molecule has 0 bridgehead atoms. The van der Waals surface area contributed by atoms with Gasteiger partial charge in [0.15, 0.2) is 11.5 Å². The molecule has 0 radical (unpaired) electrons. The first-order valence-electron chi connectivity index (χ1n) is 4.70. The summed E-state index contributed by atoms with van der Waals surface area (Å²) in [6.07, 6.45) is 0. The van der Waals surface area contributed by atoms with Crippen LogP contribution in [-0.2, 0) is 4.74 Å². The molecule has 1 aromatic rings. The van der Waals surface area contributed by atoms with Crippen molar-refractivity contribution in [2.24, 2.45) is 0 Å². The van der Waals surface area contributed by atoms with Gasteiger partial charge in [-0.05, 0) is 25.1 Å². The fraction of sp³-hybridized carbons (Fsp3) is 0.167. The zero-order valence-electron chi connectivity index (χ0n) is 8.83. The maximum Gasteiger partial charge on any atom is 0.228 e. The maximum absolute atomic E-state index is 11.9. The van der Waals surface area contributed by atoms with Crippen LogP contribution in [0.1, 0.15) is 27.6 Å². The molecule has 1 aromatic carbocycles. The molecule has 0 N–H and O–H groups in total. The number of allylic oxidation sites excluding steroid dienone is 2. The standard InChI is InChI=1S/C12H9ClO3/c1-6-10(14)9-5-7(13)3-4-8(9)11(15)12(6)16-2/h3-5H,1-2H3. The average molecular weight is 237 g/mol. The molecule has 0 saturated carbocycles. The fourth-order valence-electron chi connectivity index (χ4n) is 1.75. The van der Waals surface area contributed by atoms with Crippen LogP contribution in [0.5, 0.6) is 0 Å². The molecule has 2 rings (SSSR count). The second kappa shape index (κ2) is 3.76. The predicted molar refractivity (Wildman–Crippen MR) is 59.8 cm³/mol. The van der Waals surface area contributed by atoms with Gasteiger partial charge in [0, 0.05) is 21.7 Å². The lowest BCUT2D eigenvalue weighted by molar-refractivity contribution is 0.0906. The number of ether oxygens (including phenoxy) is 1. The molecule has 3 nitrogen and oxygen atoms in total. The van der Waals surface area contributed by atoms with Crippen molar-refractivity contribution in [1.29, 1.82) is 0 Å². The van der Waals surface area contributed by atoms with Crippen LogP contribution >= 0.6 is 11.6 Å². The third-order valence-corrected chi connectivity index (χ3v) is 2.80. The quantitative estimate of drug-likeness (QED) is 0.753. The van der Waals surface area contributed by atoms with E-state index in [1.807, 2.05) is 0 Å². The summed E-state index contributed by atoms with van der Waals surface area (Å²) in [4.78, 5) is 23.9. The van der Waals surface area contributed by atoms with E-state index in [2.05, 4.69) is 0 Å². The summed E-state index contributed by atoms with van der Waals surface area (Å²) < 4.78 is 4.95. The zero-order valence-corrected chi connectivity index (χ0v) is 9.59. The number of hydrogen-bond acceptors (Lipinski definition) is 3. The second-order valence-electron chi connectivity index (χ2n) is 3.51. The molecule has 0 saturated heterocycles. The minimum Gasteiger partial charge on any atom is -0.492 e. The van der Waals surface area contributed by atoms with E-state index in [1.165, 1.54) is 13.2 Å². The SMILES string of the molecule is COC1=C(C)C(=O)c2cc(Cl)ccc2C1=O. The molecule has 16 heavy (non-hydrogen) atoms. The molecule has 0 spiro atoms. The van der Waals surface area contributed by atoms with Gasteiger partial charge in [0.25, 0.3) is 0 Å². The Hall–Kier alpha value is -1.61. The minimum absolute atomic E-state index is 0.111. The van der Waals surface area contributed by atoms with Gasteiger partial charge in [-0.15, -0.1) is 0 Å². The van der Waals surface area contributed by atoms with Crippen molar-refractivity contribution in [1.82, 2.24) is 0 Å². The van der Waals surface area contributed by atoms with Gasteiger partial charge in [-0.1, -0.05) is 11.6 Å². The van der Waals surface area contributed by atoms with Crippen molar-refractivity contribution < 1.29 is 14.3 Å². The molecule has 1 aliphatic carbocycles. The second-order valence-corrected chi connectivity index (χ2v) is 3.94. The van der Waals surface area contributed by atoms with Gasteiger partial charge in [-0.2, -0.15) is 0 Å². The highest BCUT2D eigenvalue weighted by molar-refractivity contribution is 6.32. The average Bonchev–Trinajstić information content (AvgIpc) is 2.27. The summed E-state index contributed by atoms with van der Waals surface area (Å²) in [5.41, 5.74) is 1.01. The summed E-state index contributed by atoms with van der Waals surface area (Å²) in [5.74, 6) is -0.375. The molecule has 4 heteroatoms. The van der Waals surface area contributed by atoms with E-state index >= 15 is 0 Å². The fourth-order valence-corrected chi connectivity index (χ4v) is 1.92. The third-order valence-electron chi connectivity index (χ3n) is 2.56. The molecule has 0 aliphatic heterocycles. The van der Waals surface area contributed by atoms with E-state index in [9.17, 15) is 9.59 Å². The van der Waals surface area contributed by atoms with E-state index in [0.29, 0.717) is 21.7 Å². The monoisotopic (exact) mass is 236 g/mol. The lowest BCUT2D eigenvalue weighted by atomic mass is 9.89. The zero-order chi connectivity index (χ0) is 11.9. The lowest BCUT2D eigenvalue weighted by Crippen LogP contribution is -2.21. The number of hydrogen-bond donors (Lipinski definition) is 0. The molecular formula is C12H9ClO3. The smallest absolute Gasteiger partial charge is 0.228 e. The normalized spacial score (nSPS) is 15.2. The van der Waals surface area contributed by atoms with Gasteiger partial charge in [0.1, 0.15) is 0 Å². The first-order valence-corrected chi connectivity index (χ1v) is 5.08. The number of Topliss-reactive ketones (excluding diaryl/α,β-unsaturated/α-hetero) is 2. The predicted octanol–water partition coefficient (Wildman–Crippen LogP) is 2.64. The topological polar surface area (TPSA) is 43.4 Å². The number of carbonyl (C=O) groups is 2. The van der Waals surface area contributed by atoms with Crippen molar-refractivity contribution in [2.75, 3.05) is 7.11 Å². The highest BCUT2D eigenvalue weighted by atomic mass is 35.5. The van der Waals surface area contributed by atoms with Crippen molar-refractivity contribution in [2.45, 2.75) is 6.92 Å². The number of benzene rings is 1. The first kappa shape index (κ1) is 10.9. The van der Waals surface area contributed by atoms with E-state index in [1.54, 1.807) is 19.1 Å². The van der Waals surface area contributed by atoms with Gasteiger partial charge in [-0.25, -0.2) is 0 Å². The van der Waals surface area contributed by atoms with Gasteiger partial charge < -0.3 is 4.74 Å². The first-order chi connectivity index (χ1) is 7.56. The Bertz CT molecular complexity index is 529. The summed E-state index contributed by atoms with van der Waals surface area (Å²) in [6.45, 7) is 1.57. The highest BCUT2D eigenvalue weighted by Gasteiger charge is 2.30. The number of methoxy groups -OCH3 is 1. The number of ketones is 2. The van der Waals surface area contributed by atoms with Crippen LogP contribution in [0, 0.1) is 0 Å². The molecule has 0 heterocycles. The Kier molecular flexibility index (Phi) is 2.56. The number of fused-ring (bicyclic) bond motifs is 1. The molecule has 0 fully saturated rings. The van der Waals surface area contributed by atoms with Crippen LogP contribution in [0.3, 0.4) is 0 Å².